The standard InChI is InChI=1S/C13H11F2N3O3/c14-10-3-8(9(13(20)21)4-11(10)15)12(19)17-2-1-7-5-16-6-18-7/h3-6H,1-2H2,(H,16,18)(H,17,19)(H,20,21). The van der Waals surface area contributed by atoms with E-state index < -0.39 is 34.6 Å². The third kappa shape index (κ3) is 3.41. The van der Waals surface area contributed by atoms with Crippen LogP contribution in [0.3, 0.4) is 0 Å². The predicted molar refractivity (Wildman–Crippen MR) is 67.9 cm³/mol. The van der Waals surface area contributed by atoms with Crippen molar-refractivity contribution >= 4 is 11.9 Å². The first-order valence-corrected chi connectivity index (χ1v) is 5.97. The van der Waals surface area contributed by atoms with E-state index in [0.717, 1.165) is 5.69 Å². The fourth-order valence-corrected chi connectivity index (χ4v) is 1.74. The molecular formula is C13H11F2N3O3. The van der Waals surface area contributed by atoms with E-state index in [-0.39, 0.29) is 6.54 Å². The molecule has 6 nitrogen and oxygen atoms in total. The van der Waals surface area contributed by atoms with Crippen LogP contribution in [0.25, 0.3) is 0 Å². The lowest BCUT2D eigenvalue weighted by atomic mass is 10.1. The third-order valence-electron chi connectivity index (χ3n) is 2.77. The van der Waals surface area contributed by atoms with E-state index >= 15 is 0 Å². The highest BCUT2D eigenvalue weighted by Gasteiger charge is 2.20. The molecule has 0 atom stereocenters. The van der Waals surface area contributed by atoms with Gasteiger partial charge in [0.1, 0.15) is 0 Å². The van der Waals surface area contributed by atoms with Crippen molar-refractivity contribution < 1.29 is 23.5 Å². The minimum atomic E-state index is -1.51. The van der Waals surface area contributed by atoms with Crippen molar-refractivity contribution in [3.8, 4) is 0 Å². The number of carbonyl (C=O) groups excluding carboxylic acids is 1. The number of aromatic amines is 1. The highest BCUT2D eigenvalue weighted by molar-refractivity contribution is 6.04. The summed E-state index contributed by atoms with van der Waals surface area (Å²) in [5.41, 5.74) is -0.238. The topological polar surface area (TPSA) is 95.1 Å². The van der Waals surface area contributed by atoms with Crippen molar-refractivity contribution in [2.24, 2.45) is 0 Å². The second-order valence-corrected chi connectivity index (χ2v) is 4.20. The van der Waals surface area contributed by atoms with Crippen LogP contribution in [0.15, 0.2) is 24.7 Å². The molecule has 8 heteroatoms. The Morgan fingerprint density at radius 2 is 1.90 bits per heavy atom. The molecule has 1 amide bonds. The number of imidazole rings is 1. The van der Waals surface area contributed by atoms with Gasteiger partial charge in [-0.3, -0.25) is 4.79 Å². The number of halogens is 2. The van der Waals surface area contributed by atoms with Crippen molar-refractivity contribution in [3.63, 3.8) is 0 Å². The lowest BCUT2D eigenvalue weighted by Gasteiger charge is -2.08. The fourth-order valence-electron chi connectivity index (χ4n) is 1.74. The van der Waals surface area contributed by atoms with Crippen LogP contribution in [0.1, 0.15) is 26.4 Å². The molecule has 3 N–H and O–H groups in total. The van der Waals surface area contributed by atoms with Crippen LogP contribution < -0.4 is 5.32 Å². The Hall–Kier alpha value is -2.77. The molecule has 0 saturated heterocycles. The number of carboxylic acid groups (broad SMARTS) is 1. The SMILES string of the molecule is O=C(O)c1cc(F)c(F)cc1C(=O)NCCc1cnc[nH]1. The molecule has 0 unspecified atom stereocenters. The summed E-state index contributed by atoms with van der Waals surface area (Å²) in [5.74, 6) is -4.89. The smallest absolute Gasteiger partial charge is 0.336 e. The van der Waals surface area contributed by atoms with Gasteiger partial charge in [0.15, 0.2) is 11.6 Å². The lowest BCUT2D eigenvalue weighted by molar-refractivity contribution is 0.0690. The second kappa shape index (κ2) is 6.12. The Bertz CT molecular complexity index is 672. The molecule has 0 bridgehead atoms. The summed E-state index contributed by atoms with van der Waals surface area (Å²) in [6.45, 7) is 0.194. The first-order chi connectivity index (χ1) is 9.99. The number of hydrogen-bond donors (Lipinski definition) is 3. The van der Waals surface area contributed by atoms with E-state index in [1.807, 2.05) is 0 Å². The van der Waals surface area contributed by atoms with Crippen molar-refractivity contribution in [2.75, 3.05) is 6.54 Å². The molecule has 0 aliphatic heterocycles. The van der Waals surface area contributed by atoms with Crippen LogP contribution in [-0.4, -0.2) is 33.5 Å². The number of rotatable bonds is 5. The zero-order valence-corrected chi connectivity index (χ0v) is 10.7. The van der Waals surface area contributed by atoms with Gasteiger partial charge in [0.25, 0.3) is 5.91 Å². The summed E-state index contributed by atoms with van der Waals surface area (Å²) >= 11 is 0. The summed E-state index contributed by atoms with van der Waals surface area (Å²) in [7, 11) is 0. The van der Waals surface area contributed by atoms with Crippen LogP contribution >= 0.6 is 0 Å². The Morgan fingerprint density at radius 1 is 1.24 bits per heavy atom. The minimum Gasteiger partial charge on any atom is -0.478 e. The number of aromatic nitrogens is 2. The predicted octanol–water partition coefficient (Wildman–Crippen LogP) is 1.36. The number of carboxylic acids is 1. The first kappa shape index (κ1) is 14.6. The van der Waals surface area contributed by atoms with Crippen LogP contribution in [0, 0.1) is 11.6 Å². The van der Waals surface area contributed by atoms with Crippen LogP contribution in [0.4, 0.5) is 8.78 Å². The summed E-state index contributed by atoms with van der Waals surface area (Å²) in [5, 5.41) is 11.4. The lowest BCUT2D eigenvalue weighted by Crippen LogP contribution is -2.27. The van der Waals surface area contributed by atoms with Gasteiger partial charge in [-0.1, -0.05) is 0 Å². The molecule has 0 aliphatic carbocycles. The maximum atomic E-state index is 13.2. The van der Waals surface area contributed by atoms with E-state index in [4.69, 9.17) is 5.11 Å². The molecule has 0 saturated carbocycles. The van der Waals surface area contributed by atoms with Crippen molar-refractivity contribution in [2.45, 2.75) is 6.42 Å². The normalized spacial score (nSPS) is 10.4. The van der Waals surface area contributed by atoms with Gasteiger partial charge in [0, 0.05) is 24.9 Å². The van der Waals surface area contributed by atoms with Gasteiger partial charge in [-0.15, -0.1) is 0 Å². The number of H-pyrrole nitrogens is 1. The molecule has 0 radical (unpaired) electrons. The number of benzene rings is 1. The molecule has 1 aromatic carbocycles. The monoisotopic (exact) mass is 295 g/mol. The van der Waals surface area contributed by atoms with E-state index in [2.05, 4.69) is 15.3 Å². The van der Waals surface area contributed by atoms with Crippen molar-refractivity contribution in [3.05, 3.63) is 53.1 Å². The summed E-state index contributed by atoms with van der Waals surface area (Å²) in [6.07, 6.45) is 3.50. The minimum absolute atomic E-state index is 0.194. The van der Waals surface area contributed by atoms with E-state index in [0.29, 0.717) is 18.6 Å². The van der Waals surface area contributed by atoms with Gasteiger partial charge >= 0.3 is 5.97 Å². The van der Waals surface area contributed by atoms with Crippen LogP contribution in [0.2, 0.25) is 0 Å². The number of carbonyl (C=O) groups is 2. The number of amides is 1. The average Bonchev–Trinajstić information content (AvgIpc) is 2.94. The maximum Gasteiger partial charge on any atom is 0.336 e. The van der Waals surface area contributed by atoms with Gasteiger partial charge < -0.3 is 15.4 Å². The molecular weight excluding hydrogens is 284 g/mol. The highest BCUT2D eigenvalue weighted by Crippen LogP contribution is 2.15. The summed E-state index contributed by atoms with van der Waals surface area (Å²) in [6, 6.07) is 1.06. The third-order valence-corrected chi connectivity index (χ3v) is 2.77. The number of nitrogens with one attached hydrogen (secondary N) is 2. The molecule has 21 heavy (non-hydrogen) atoms. The molecule has 2 rings (SSSR count). The van der Waals surface area contributed by atoms with Gasteiger partial charge in [-0.05, 0) is 12.1 Å². The zero-order chi connectivity index (χ0) is 15.4. The highest BCUT2D eigenvalue weighted by atomic mass is 19.2. The Morgan fingerprint density at radius 3 is 2.48 bits per heavy atom. The summed E-state index contributed by atoms with van der Waals surface area (Å²) in [4.78, 5) is 29.5. The van der Waals surface area contributed by atoms with Gasteiger partial charge in [0.2, 0.25) is 0 Å². The molecule has 0 aliphatic rings. The van der Waals surface area contributed by atoms with E-state index in [1.54, 1.807) is 6.20 Å². The largest absolute Gasteiger partial charge is 0.478 e. The number of aromatic carboxylic acids is 1. The Labute approximate surface area is 117 Å². The maximum absolute atomic E-state index is 13.2. The molecule has 0 spiro atoms. The molecule has 2 aromatic rings. The molecule has 110 valence electrons. The van der Waals surface area contributed by atoms with E-state index in [1.165, 1.54) is 6.33 Å². The first-order valence-electron chi connectivity index (χ1n) is 5.97. The second-order valence-electron chi connectivity index (χ2n) is 4.20. The Kier molecular flexibility index (Phi) is 4.27. The molecule has 1 aromatic heterocycles. The molecule has 1 heterocycles. The fraction of sp³-hybridized carbons (Fsp3) is 0.154. The average molecular weight is 295 g/mol. The van der Waals surface area contributed by atoms with Gasteiger partial charge in [0.05, 0.1) is 17.5 Å². The number of nitrogens with zero attached hydrogens (tertiary/aromatic N) is 1. The van der Waals surface area contributed by atoms with Crippen molar-refractivity contribution in [1.82, 2.24) is 15.3 Å². The van der Waals surface area contributed by atoms with Gasteiger partial charge in [-0.2, -0.15) is 0 Å². The van der Waals surface area contributed by atoms with Crippen molar-refractivity contribution in [1.29, 1.82) is 0 Å². The summed E-state index contributed by atoms with van der Waals surface area (Å²) < 4.78 is 26.2. The van der Waals surface area contributed by atoms with Crippen LogP contribution in [-0.2, 0) is 6.42 Å². The number of hydrogen-bond acceptors (Lipinski definition) is 3. The van der Waals surface area contributed by atoms with Gasteiger partial charge in [-0.25, -0.2) is 18.6 Å². The van der Waals surface area contributed by atoms with Crippen LogP contribution in [0.5, 0.6) is 0 Å². The van der Waals surface area contributed by atoms with E-state index in [9.17, 15) is 18.4 Å². The zero-order valence-electron chi connectivity index (χ0n) is 10.7. The quantitative estimate of drug-likeness (QED) is 0.776. The Balaban J connectivity index is 2.11. The molecule has 0 fully saturated rings.